The van der Waals surface area contributed by atoms with E-state index in [1.807, 2.05) is 20.1 Å². The number of hydrogen-bond donors (Lipinski definition) is 1. The summed E-state index contributed by atoms with van der Waals surface area (Å²) in [6, 6.07) is 4.94. The van der Waals surface area contributed by atoms with Gasteiger partial charge in [-0.1, -0.05) is 26.0 Å². The van der Waals surface area contributed by atoms with Crippen molar-refractivity contribution in [3.63, 3.8) is 0 Å². The molecule has 1 amide bonds. The molecule has 4 nitrogen and oxygen atoms in total. The van der Waals surface area contributed by atoms with Gasteiger partial charge < -0.3 is 5.32 Å². The Labute approximate surface area is 161 Å². The summed E-state index contributed by atoms with van der Waals surface area (Å²) in [6.45, 7) is 6.06. The summed E-state index contributed by atoms with van der Waals surface area (Å²) in [7, 11) is 0. The standard InChI is InChI=1S/C19H22F3N3OS/c1-11(2)16-24-12(3)15(18(25-16)27-4)17(26)23-10-9-13-5-7-14(8-6-13)19(20,21)22/h5-8,11H,9-10H2,1-4H3,(H,23,26). The third kappa shape index (κ3) is 5.45. The molecule has 1 N–H and O–H groups in total. The second-order valence-corrected chi connectivity index (χ2v) is 7.20. The van der Waals surface area contributed by atoms with Gasteiger partial charge >= 0.3 is 6.18 Å². The van der Waals surface area contributed by atoms with Gasteiger partial charge in [0.1, 0.15) is 10.9 Å². The molecule has 0 radical (unpaired) electrons. The lowest BCUT2D eigenvalue weighted by Gasteiger charge is -2.13. The Morgan fingerprint density at radius 3 is 2.33 bits per heavy atom. The number of alkyl halides is 3. The number of amides is 1. The van der Waals surface area contributed by atoms with Crippen molar-refractivity contribution < 1.29 is 18.0 Å². The Morgan fingerprint density at radius 1 is 1.19 bits per heavy atom. The Kier molecular flexibility index (Phi) is 6.86. The van der Waals surface area contributed by atoms with Crippen molar-refractivity contribution in [1.29, 1.82) is 0 Å². The quantitative estimate of drug-likeness (QED) is 0.571. The van der Waals surface area contributed by atoms with Gasteiger partial charge in [0.2, 0.25) is 0 Å². The minimum Gasteiger partial charge on any atom is -0.352 e. The number of carbonyl (C=O) groups is 1. The van der Waals surface area contributed by atoms with E-state index in [2.05, 4.69) is 15.3 Å². The number of aryl methyl sites for hydroxylation is 1. The first-order chi connectivity index (χ1) is 12.6. The lowest BCUT2D eigenvalue weighted by atomic mass is 10.1. The molecule has 0 aliphatic rings. The summed E-state index contributed by atoms with van der Waals surface area (Å²) in [5, 5.41) is 3.43. The minimum atomic E-state index is -4.35. The van der Waals surface area contributed by atoms with Crippen LogP contribution in [0.2, 0.25) is 0 Å². The zero-order valence-electron chi connectivity index (χ0n) is 15.6. The summed E-state index contributed by atoms with van der Waals surface area (Å²) in [6.07, 6.45) is -2.06. The number of thioether (sulfide) groups is 1. The summed E-state index contributed by atoms with van der Waals surface area (Å²) in [5.74, 6) is 0.573. The number of hydrogen-bond acceptors (Lipinski definition) is 4. The molecule has 0 bridgehead atoms. The topological polar surface area (TPSA) is 54.9 Å². The molecule has 2 aromatic rings. The molecule has 0 unspecified atom stereocenters. The van der Waals surface area contributed by atoms with Gasteiger partial charge in [0.05, 0.1) is 16.8 Å². The maximum absolute atomic E-state index is 12.6. The first-order valence-electron chi connectivity index (χ1n) is 8.50. The van der Waals surface area contributed by atoms with Crippen LogP contribution in [0.15, 0.2) is 29.3 Å². The molecule has 27 heavy (non-hydrogen) atoms. The van der Waals surface area contributed by atoms with Gasteiger partial charge in [0.15, 0.2) is 0 Å². The molecule has 146 valence electrons. The highest BCUT2D eigenvalue weighted by molar-refractivity contribution is 7.98. The molecule has 1 heterocycles. The Morgan fingerprint density at radius 2 is 1.81 bits per heavy atom. The molecule has 0 atom stereocenters. The van der Waals surface area contributed by atoms with Crippen LogP contribution in [0, 0.1) is 6.92 Å². The minimum absolute atomic E-state index is 0.159. The van der Waals surface area contributed by atoms with E-state index in [4.69, 9.17) is 0 Å². The van der Waals surface area contributed by atoms with E-state index in [9.17, 15) is 18.0 Å². The van der Waals surface area contributed by atoms with Gasteiger partial charge in [-0.3, -0.25) is 4.79 Å². The van der Waals surface area contributed by atoms with E-state index < -0.39 is 11.7 Å². The smallest absolute Gasteiger partial charge is 0.352 e. The molecule has 2 rings (SSSR count). The third-order valence-corrected chi connectivity index (χ3v) is 4.67. The Hall–Kier alpha value is -2.09. The van der Waals surface area contributed by atoms with Crippen LogP contribution in [-0.4, -0.2) is 28.7 Å². The van der Waals surface area contributed by atoms with Crippen LogP contribution in [0.4, 0.5) is 13.2 Å². The molecule has 8 heteroatoms. The number of carbonyl (C=O) groups excluding carboxylic acids is 1. The summed E-state index contributed by atoms with van der Waals surface area (Å²) < 4.78 is 37.7. The molecular formula is C19H22F3N3OS. The van der Waals surface area contributed by atoms with Crippen molar-refractivity contribution in [3.05, 3.63) is 52.5 Å². The molecule has 1 aromatic carbocycles. The fraction of sp³-hybridized carbons (Fsp3) is 0.421. The van der Waals surface area contributed by atoms with Crippen LogP contribution in [0.25, 0.3) is 0 Å². The van der Waals surface area contributed by atoms with Gasteiger partial charge in [0.25, 0.3) is 5.91 Å². The SMILES string of the molecule is CSc1nc(C(C)C)nc(C)c1C(=O)NCCc1ccc(C(F)(F)F)cc1. The molecule has 1 aromatic heterocycles. The zero-order valence-corrected chi connectivity index (χ0v) is 16.5. The largest absolute Gasteiger partial charge is 0.416 e. The highest BCUT2D eigenvalue weighted by Gasteiger charge is 2.29. The van der Waals surface area contributed by atoms with Crippen molar-refractivity contribution in [1.82, 2.24) is 15.3 Å². The van der Waals surface area contributed by atoms with Crippen LogP contribution < -0.4 is 5.32 Å². The summed E-state index contributed by atoms with van der Waals surface area (Å²) in [5.41, 5.74) is 1.10. The van der Waals surface area contributed by atoms with E-state index in [1.54, 1.807) is 6.92 Å². The zero-order chi connectivity index (χ0) is 20.2. The first kappa shape index (κ1) is 21.2. The highest BCUT2D eigenvalue weighted by Crippen LogP contribution is 2.29. The van der Waals surface area contributed by atoms with E-state index in [0.29, 0.717) is 35.1 Å². The van der Waals surface area contributed by atoms with Crippen molar-refractivity contribution >= 4 is 17.7 Å². The van der Waals surface area contributed by atoms with Crippen LogP contribution in [0.3, 0.4) is 0 Å². The van der Waals surface area contributed by atoms with Crippen LogP contribution >= 0.6 is 11.8 Å². The van der Waals surface area contributed by atoms with Crippen molar-refractivity contribution in [2.24, 2.45) is 0 Å². The van der Waals surface area contributed by atoms with E-state index >= 15 is 0 Å². The predicted octanol–water partition coefficient (Wildman–Crippen LogP) is 4.62. The Balaban J connectivity index is 2.04. The Bertz CT molecular complexity index is 805. The molecular weight excluding hydrogens is 375 g/mol. The van der Waals surface area contributed by atoms with Crippen molar-refractivity contribution in [2.45, 2.75) is 44.3 Å². The fourth-order valence-corrected chi connectivity index (χ4v) is 3.13. The summed E-state index contributed by atoms with van der Waals surface area (Å²) >= 11 is 1.38. The number of rotatable bonds is 6. The second-order valence-electron chi connectivity index (χ2n) is 6.41. The fourth-order valence-electron chi connectivity index (χ4n) is 2.50. The molecule has 0 spiro atoms. The lowest BCUT2D eigenvalue weighted by molar-refractivity contribution is -0.137. The highest BCUT2D eigenvalue weighted by atomic mass is 32.2. The number of aromatic nitrogens is 2. The van der Waals surface area contributed by atoms with Gasteiger partial charge in [-0.15, -0.1) is 11.8 Å². The average molecular weight is 397 g/mol. The van der Waals surface area contributed by atoms with Gasteiger partial charge in [0, 0.05) is 12.5 Å². The van der Waals surface area contributed by atoms with E-state index in [0.717, 1.165) is 17.7 Å². The maximum Gasteiger partial charge on any atom is 0.416 e. The number of halogens is 3. The van der Waals surface area contributed by atoms with E-state index in [-0.39, 0.29) is 11.8 Å². The maximum atomic E-state index is 12.6. The van der Waals surface area contributed by atoms with Crippen LogP contribution in [0.1, 0.15) is 52.8 Å². The summed E-state index contributed by atoms with van der Waals surface area (Å²) in [4.78, 5) is 21.4. The van der Waals surface area contributed by atoms with Crippen molar-refractivity contribution in [3.8, 4) is 0 Å². The lowest BCUT2D eigenvalue weighted by Crippen LogP contribution is -2.28. The van der Waals surface area contributed by atoms with Gasteiger partial charge in [-0.25, -0.2) is 9.97 Å². The predicted molar refractivity (Wildman–Crippen MR) is 100 cm³/mol. The number of nitrogens with one attached hydrogen (secondary N) is 1. The van der Waals surface area contributed by atoms with Crippen LogP contribution in [0.5, 0.6) is 0 Å². The molecule has 0 saturated heterocycles. The molecule has 0 fully saturated rings. The number of nitrogens with zero attached hydrogens (tertiary/aromatic N) is 2. The first-order valence-corrected chi connectivity index (χ1v) is 9.72. The normalized spacial score (nSPS) is 11.7. The second kappa shape index (κ2) is 8.73. The van der Waals surface area contributed by atoms with Gasteiger partial charge in [-0.05, 0) is 37.3 Å². The van der Waals surface area contributed by atoms with Gasteiger partial charge in [-0.2, -0.15) is 13.2 Å². The van der Waals surface area contributed by atoms with Crippen molar-refractivity contribution in [2.75, 3.05) is 12.8 Å². The molecule has 0 saturated carbocycles. The molecule has 0 aliphatic carbocycles. The van der Waals surface area contributed by atoms with E-state index in [1.165, 1.54) is 23.9 Å². The third-order valence-electron chi connectivity index (χ3n) is 3.99. The van der Waals surface area contributed by atoms with Crippen LogP contribution in [-0.2, 0) is 12.6 Å². The monoisotopic (exact) mass is 397 g/mol. The number of benzene rings is 1. The average Bonchev–Trinajstić information content (AvgIpc) is 2.60. The molecule has 0 aliphatic heterocycles.